The maximum absolute atomic E-state index is 3.95. The van der Waals surface area contributed by atoms with Crippen LogP contribution < -0.4 is 0 Å². The topological polar surface area (TPSA) is 12.9 Å². The first-order valence-corrected chi connectivity index (χ1v) is 4.03. The van der Waals surface area contributed by atoms with E-state index in [1.165, 1.54) is 11.3 Å². The van der Waals surface area contributed by atoms with Crippen LogP contribution in [0, 0.1) is 0 Å². The van der Waals surface area contributed by atoms with Crippen molar-refractivity contribution in [3.8, 4) is 0 Å². The van der Waals surface area contributed by atoms with Crippen LogP contribution in [0.2, 0.25) is 0 Å². The molecule has 1 aromatic rings. The third-order valence-corrected chi connectivity index (χ3v) is 2.35. The van der Waals surface area contributed by atoms with Crippen LogP contribution in [0.15, 0.2) is 24.5 Å². The van der Waals surface area contributed by atoms with E-state index in [4.69, 9.17) is 0 Å². The van der Waals surface area contributed by atoms with Gasteiger partial charge in [-0.05, 0) is 17.7 Å². The van der Waals surface area contributed by atoms with Gasteiger partial charge in [0.25, 0.3) is 0 Å². The Morgan fingerprint density at radius 2 is 2.11 bits per heavy atom. The number of aromatic nitrogens is 1. The van der Waals surface area contributed by atoms with Crippen molar-refractivity contribution in [1.29, 1.82) is 0 Å². The number of rotatable bonds is 1. The van der Waals surface area contributed by atoms with Crippen LogP contribution in [0.5, 0.6) is 0 Å². The van der Waals surface area contributed by atoms with Gasteiger partial charge in [0.15, 0.2) is 0 Å². The van der Waals surface area contributed by atoms with Gasteiger partial charge in [-0.25, -0.2) is 0 Å². The molecular weight excluding hydrogens is 130 g/mol. The Hall–Kier alpha value is -0.500. The molecule has 0 bridgehead atoms. The lowest BCUT2D eigenvalue weighted by Gasteiger charge is -1.90. The summed E-state index contributed by atoms with van der Waals surface area (Å²) in [5, 5.41) is 0.785. The molecule has 2 rings (SSSR count). The van der Waals surface area contributed by atoms with Gasteiger partial charge in [-0.2, -0.15) is 11.8 Å². The van der Waals surface area contributed by atoms with Crippen molar-refractivity contribution in [2.75, 3.05) is 5.75 Å². The molecule has 1 aromatic heterocycles. The first-order valence-electron chi connectivity index (χ1n) is 2.98. The highest BCUT2D eigenvalue weighted by molar-refractivity contribution is 8.06. The number of pyridine rings is 1. The monoisotopic (exact) mass is 137 g/mol. The SMILES string of the molecule is c1cc(C2CS2)ccn1. The molecule has 0 radical (unpaired) electrons. The summed E-state index contributed by atoms with van der Waals surface area (Å²) in [6.45, 7) is 0. The lowest BCUT2D eigenvalue weighted by Crippen LogP contribution is -1.77. The van der Waals surface area contributed by atoms with E-state index in [9.17, 15) is 0 Å². The van der Waals surface area contributed by atoms with Gasteiger partial charge in [-0.3, -0.25) is 4.98 Å². The summed E-state index contributed by atoms with van der Waals surface area (Å²) in [4.78, 5) is 3.95. The Kier molecular flexibility index (Phi) is 1.19. The van der Waals surface area contributed by atoms with Crippen LogP contribution in [0.4, 0.5) is 0 Å². The summed E-state index contributed by atoms with van der Waals surface area (Å²) >= 11 is 1.99. The number of thioether (sulfide) groups is 1. The van der Waals surface area contributed by atoms with Gasteiger partial charge in [0.2, 0.25) is 0 Å². The fraction of sp³-hybridized carbons (Fsp3) is 0.286. The van der Waals surface area contributed by atoms with Gasteiger partial charge < -0.3 is 0 Å². The molecule has 0 aliphatic carbocycles. The predicted octanol–water partition coefficient (Wildman–Crippen LogP) is 1.87. The Bertz CT molecular complexity index is 193. The molecule has 0 saturated carbocycles. The van der Waals surface area contributed by atoms with Gasteiger partial charge >= 0.3 is 0 Å². The maximum Gasteiger partial charge on any atom is 0.0389 e. The Labute approximate surface area is 58.5 Å². The van der Waals surface area contributed by atoms with E-state index in [0.717, 1.165) is 5.25 Å². The van der Waals surface area contributed by atoms with Crippen LogP contribution >= 0.6 is 11.8 Å². The van der Waals surface area contributed by atoms with Crippen LogP contribution in [0.3, 0.4) is 0 Å². The Morgan fingerprint density at radius 1 is 1.44 bits per heavy atom. The maximum atomic E-state index is 3.95. The molecule has 1 unspecified atom stereocenters. The molecule has 1 saturated heterocycles. The van der Waals surface area contributed by atoms with Crippen molar-refractivity contribution in [1.82, 2.24) is 4.98 Å². The Morgan fingerprint density at radius 3 is 2.67 bits per heavy atom. The average Bonchev–Trinajstić information content (AvgIpc) is 2.71. The molecule has 2 heterocycles. The third-order valence-electron chi connectivity index (χ3n) is 1.41. The van der Waals surface area contributed by atoms with E-state index < -0.39 is 0 Å². The lowest BCUT2D eigenvalue weighted by molar-refractivity contribution is 1.19. The summed E-state index contributed by atoms with van der Waals surface area (Å²) in [5.41, 5.74) is 1.43. The minimum absolute atomic E-state index is 0.785. The third kappa shape index (κ3) is 1.08. The fourth-order valence-corrected chi connectivity index (χ4v) is 1.46. The van der Waals surface area contributed by atoms with Crippen LogP contribution in [0.1, 0.15) is 10.8 Å². The quantitative estimate of drug-likeness (QED) is 0.548. The summed E-state index contributed by atoms with van der Waals surface area (Å²) in [6, 6.07) is 4.18. The second-order valence-corrected chi connectivity index (χ2v) is 3.34. The van der Waals surface area contributed by atoms with E-state index in [2.05, 4.69) is 17.1 Å². The van der Waals surface area contributed by atoms with Crippen molar-refractivity contribution in [3.63, 3.8) is 0 Å². The largest absolute Gasteiger partial charge is 0.265 e. The van der Waals surface area contributed by atoms with Crippen molar-refractivity contribution in [2.45, 2.75) is 5.25 Å². The molecule has 0 aromatic carbocycles. The smallest absolute Gasteiger partial charge is 0.0389 e. The molecule has 2 heteroatoms. The molecule has 46 valence electrons. The molecule has 0 amide bonds. The van der Waals surface area contributed by atoms with Gasteiger partial charge in [0.05, 0.1) is 0 Å². The first kappa shape index (κ1) is 5.30. The lowest BCUT2D eigenvalue weighted by atomic mass is 10.2. The number of nitrogens with zero attached hydrogens (tertiary/aromatic N) is 1. The highest BCUT2D eigenvalue weighted by Gasteiger charge is 2.23. The molecular formula is C7H7NS. The van der Waals surface area contributed by atoms with Gasteiger partial charge in [0.1, 0.15) is 0 Å². The van der Waals surface area contributed by atoms with Crippen LogP contribution in [-0.4, -0.2) is 10.7 Å². The zero-order valence-corrected chi connectivity index (χ0v) is 5.77. The van der Waals surface area contributed by atoms with E-state index in [1.807, 2.05) is 24.2 Å². The highest BCUT2D eigenvalue weighted by atomic mass is 32.2. The second kappa shape index (κ2) is 2.03. The van der Waals surface area contributed by atoms with E-state index in [1.54, 1.807) is 0 Å². The zero-order chi connectivity index (χ0) is 6.10. The molecule has 9 heavy (non-hydrogen) atoms. The molecule has 1 fully saturated rings. The summed E-state index contributed by atoms with van der Waals surface area (Å²) in [5.74, 6) is 1.30. The van der Waals surface area contributed by atoms with Crippen molar-refractivity contribution >= 4 is 11.8 Å². The zero-order valence-electron chi connectivity index (χ0n) is 4.95. The van der Waals surface area contributed by atoms with Crippen molar-refractivity contribution in [2.24, 2.45) is 0 Å². The number of hydrogen-bond donors (Lipinski definition) is 0. The fourth-order valence-electron chi connectivity index (χ4n) is 0.819. The normalized spacial score (nSPS) is 23.8. The van der Waals surface area contributed by atoms with E-state index in [0.29, 0.717) is 0 Å². The average molecular weight is 137 g/mol. The predicted molar refractivity (Wildman–Crippen MR) is 39.4 cm³/mol. The van der Waals surface area contributed by atoms with Gasteiger partial charge in [0, 0.05) is 23.4 Å². The van der Waals surface area contributed by atoms with Crippen LogP contribution in [0.25, 0.3) is 0 Å². The Balaban J connectivity index is 2.29. The molecule has 0 N–H and O–H groups in total. The molecule has 1 nitrogen and oxygen atoms in total. The minimum Gasteiger partial charge on any atom is -0.265 e. The highest BCUT2D eigenvalue weighted by Crippen LogP contribution is 2.45. The summed E-state index contributed by atoms with van der Waals surface area (Å²) in [7, 11) is 0. The second-order valence-electron chi connectivity index (χ2n) is 2.10. The van der Waals surface area contributed by atoms with Crippen molar-refractivity contribution < 1.29 is 0 Å². The number of hydrogen-bond acceptors (Lipinski definition) is 2. The molecule has 1 aliphatic rings. The summed E-state index contributed by atoms with van der Waals surface area (Å²) < 4.78 is 0. The molecule has 0 spiro atoms. The van der Waals surface area contributed by atoms with E-state index in [-0.39, 0.29) is 0 Å². The van der Waals surface area contributed by atoms with Gasteiger partial charge in [-0.15, -0.1) is 0 Å². The summed E-state index contributed by atoms with van der Waals surface area (Å²) in [6.07, 6.45) is 3.71. The van der Waals surface area contributed by atoms with Gasteiger partial charge in [-0.1, -0.05) is 0 Å². The van der Waals surface area contributed by atoms with E-state index >= 15 is 0 Å². The van der Waals surface area contributed by atoms with Crippen molar-refractivity contribution in [3.05, 3.63) is 30.1 Å². The van der Waals surface area contributed by atoms with Crippen LogP contribution in [-0.2, 0) is 0 Å². The molecule has 1 atom stereocenters. The standard InChI is InChI=1S/C7H7NS/c1-3-8-4-2-6(1)7-5-9-7/h1-4,7H,5H2. The first-order chi connectivity index (χ1) is 4.47. The minimum atomic E-state index is 0.785. The molecule has 1 aliphatic heterocycles.